The van der Waals surface area contributed by atoms with Crippen LogP contribution < -0.4 is 4.90 Å². The molecule has 0 saturated carbocycles. The fourth-order valence-corrected chi connectivity index (χ4v) is 3.61. The van der Waals surface area contributed by atoms with E-state index in [-0.39, 0.29) is 5.91 Å². The van der Waals surface area contributed by atoms with Crippen molar-refractivity contribution in [2.45, 2.75) is 20.0 Å². The maximum Gasteiger partial charge on any atom is 0.240 e. The van der Waals surface area contributed by atoms with Crippen molar-refractivity contribution in [3.8, 4) is 0 Å². The van der Waals surface area contributed by atoms with Crippen LogP contribution in [-0.2, 0) is 17.9 Å². The van der Waals surface area contributed by atoms with E-state index in [0.717, 1.165) is 18.0 Å². The van der Waals surface area contributed by atoms with Gasteiger partial charge < -0.3 is 9.32 Å². The Morgan fingerprint density at radius 1 is 1.04 bits per heavy atom. The Hall–Kier alpha value is -2.37. The van der Waals surface area contributed by atoms with Crippen LogP contribution in [0.2, 0.25) is 0 Å². The maximum absolute atomic E-state index is 12.7. The second-order valence-corrected chi connectivity index (χ2v) is 7.40. The third-order valence-corrected chi connectivity index (χ3v) is 5.00. The molecule has 0 aliphatic rings. The summed E-state index contributed by atoms with van der Waals surface area (Å²) < 4.78 is 5.47. The van der Waals surface area contributed by atoms with Crippen molar-refractivity contribution in [1.29, 1.82) is 0 Å². The molecule has 2 heterocycles. The Morgan fingerprint density at radius 2 is 1.84 bits per heavy atom. The van der Waals surface area contributed by atoms with Crippen molar-refractivity contribution < 1.29 is 9.21 Å². The van der Waals surface area contributed by atoms with E-state index in [1.54, 1.807) is 22.5 Å². The van der Waals surface area contributed by atoms with Crippen LogP contribution in [0.25, 0.3) is 0 Å². The molecule has 0 N–H and O–H groups in total. The standard InChI is InChI=1S/C20H22N2O2S/c1-16-10-11-19(25-16)14-22(13-18-9-6-12-24-18)15-20(23)21(2)17-7-4-3-5-8-17/h3-12H,13-15H2,1-2H3. The first-order valence-electron chi connectivity index (χ1n) is 8.23. The molecule has 2 aromatic heterocycles. The van der Waals surface area contributed by atoms with Gasteiger partial charge in [0, 0.05) is 29.0 Å². The molecule has 5 heteroatoms. The monoisotopic (exact) mass is 354 g/mol. The molecule has 0 atom stereocenters. The number of amides is 1. The van der Waals surface area contributed by atoms with Crippen LogP contribution in [0.3, 0.4) is 0 Å². The molecular formula is C20H22N2O2S. The molecular weight excluding hydrogens is 332 g/mol. The van der Waals surface area contributed by atoms with Gasteiger partial charge in [-0.2, -0.15) is 0 Å². The third kappa shape index (κ3) is 4.81. The van der Waals surface area contributed by atoms with Crippen molar-refractivity contribution >= 4 is 22.9 Å². The number of hydrogen-bond donors (Lipinski definition) is 0. The number of para-hydroxylation sites is 1. The zero-order valence-electron chi connectivity index (χ0n) is 14.5. The number of thiophene rings is 1. The number of furan rings is 1. The van der Waals surface area contributed by atoms with Crippen molar-refractivity contribution in [2.75, 3.05) is 18.5 Å². The molecule has 3 rings (SSSR count). The van der Waals surface area contributed by atoms with Gasteiger partial charge in [-0.15, -0.1) is 11.3 Å². The number of likely N-dealkylation sites (N-methyl/N-ethyl adjacent to an activating group) is 1. The predicted octanol–water partition coefficient (Wildman–Crippen LogP) is 4.31. The average molecular weight is 354 g/mol. The summed E-state index contributed by atoms with van der Waals surface area (Å²) in [6.45, 7) is 3.77. The van der Waals surface area contributed by atoms with E-state index in [1.807, 2.05) is 49.5 Å². The molecule has 130 valence electrons. The number of benzene rings is 1. The molecule has 0 bridgehead atoms. The topological polar surface area (TPSA) is 36.7 Å². The number of anilines is 1. The number of nitrogens with zero attached hydrogens (tertiary/aromatic N) is 2. The van der Waals surface area contributed by atoms with E-state index in [2.05, 4.69) is 24.0 Å². The zero-order chi connectivity index (χ0) is 17.6. The zero-order valence-corrected chi connectivity index (χ0v) is 15.3. The molecule has 1 amide bonds. The van der Waals surface area contributed by atoms with Crippen molar-refractivity contribution in [3.63, 3.8) is 0 Å². The number of carbonyl (C=O) groups is 1. The molecule has 25 heavy (non-hydrogen) atoms. The van der Waals surface area contributed by atoms with E-state index in [9.17, 15) is 4.79 Å². The highest BCUT2D eigenvalue weighted by Gasteiger charge is 2.18. The Bertz CT molecular complexity index is 796. The van der Waals surface area contributed by atoms with E-state index >= 15 is 0 Å². The SMILES string of the molecule is Cc1ccc(CN(CC(=O)N(C)c2ccccc2)Cc2ccco2)s1. The summed E-state index contributed by atoms with van der Waals surface area (Å²) in [5, 5.41) is 0. The van der Waals surface area contributed by atoms with Crippen LogP contribution >= 0.6 is 11.3 Å². The molecule has 0 aliphatic carbocycles. The maximum atomic E-state index is 12.7. The summed E-state index contributed by atoms with van der Waals surface area (Å²) in [5.74, 6) is 0.925. The van der Waals surface area contributed by atoms with Gasteiger partial charge in [-0.3, -0.25) is 9.69 Å². The summed E-state index contributed by atoms with van der Waals surface area (Å²) in [7, 11) is 1.82. The average Bonchev–Trinajstić information content (AvgIpc) is 3.26. The summed E-state index contributed by atoms with van der Waals surface area (Å²) in [4.78, 5) is 19.1. The molecule has 4 nitrogen and oxygen atoms in total. The van der Waals surface area contributed by atoms with Crippen LogP contribution in [0.1, 0.15) is 15.5 Å². The number of rotatable bonds is 7. The lowest BCUT2D eigenvalue weighted by molar-refractivity contribution is -0.119. The Balaban J connectivity index is 1.70. The minimum absolute atomic E-state index is 0.0611. The highest BCUT2D eigenvalue weighted by atomic mass is 32.1. The molecule has 0 fully saturated rings. The van der Waals surface area contributed by atoms with Crippen molar-refractivity contribution in [3.05, 3.63) is 76.4 Å². The van der Waals surface area contributed by atoms with Crippen LogP contribution in [0, 0.1) is 6.92 Å². The number of hydrogen-bond acceptors (Lipinski definition) is 4. The Morgan fingerprint density at radius 3 is 2.48 bits per heavy atom. The highest BCUT2D eigenvalue weighted by molar-refractivity contribution is 7.11. The summed E-state index contributed by atoms with van der Waals surface area (Å²) in [5.41, 5.74) is 0.900. The molecule has 0 radical (unpaired) electrons. The summed E-state index contributed by atoms with van der Waals surface area (Å²) in [6, 6.07) is 17.8. The Labute approximate surface area is 152 Å². The lowest BCUT2D eigenvalue weighted by atomic mass is 10.3. The van der Waals surface area contributed by atoms with Gasteiger partial charge in [0.05, 0.1) is 19.4 Å². The van der Waals surface area contributed by atoms with Crippen LogP contribution in [0.15, 0.2) is 65.3 Å². The number of aryl methyl sites for hydroxylation is 1. The van der Waals surface area contributed by atoms with Crippen LogP contribution in [0.5, 0.6) is 0 Å². The highest BCUT2D eigenvalue weighted by Crippen LogP contribution is 2.19. The lowest BCUT2D eigenvalue weighted by Gasteiger charge is -2.24. The van der Waals surface area contributed by atoms with Gasteiger partial charge in [0.25, 0.3) is 0 Å². The fraction of sp³-hybridized carbons (Fsp3) is 0.250. The quantitative estimate of drug-likeness (QED) is 0.634. The summed E-state index contributed by atoms with van der Waals surface area (Å²) >= 11 is 1.76. The van der Waals surface area contributed by atoms with Gasteiger partial charge >= 0.3 is 0 Å². The second kappa shape index (κ2) is 8.14. The van der Waals surface area contributed by atoms with Gasteiger partial charge in [-0.05, 0) is 43.3 Å². The molecule has 0 aliphatic heterocycles. The van der Waals surface area contributed by atoms with Gasteiger partial charge in [0.1, 0.15) is 5.76 Å². The van der Waals surface area contributed by atoms with E-state index in [4.69, 9.17) is 4.42 Å². The van der Waals surface area contributed by atoms with Gasteiger partial charge in [0.2, 0.25) is 5.91 Å². The van der Waals surface area contributed by atoms with Crippen molar-refractivity contribution in [2.24, 2.45) is 0 Å². The van der Waals surface area contributed by atoms with E-state index in [1.165, 1.54) is 9.75 Å². The Kier molecular flexibility index (Phi) is 5.68. The van der Waals surface area contributed by atoms with Gasteiger partial charge in [0.15, 0.2) is 0 Å². The smallest absolute Gasteiger partial charge is 0.240 e. The molecule has 0 unspecified atom stereocenters. The minimum atomic E-state index is 0.0611. The van der Waals surface area contributed by atoms with Crippen LogP contribution in [-0.4, -0.2) is 24.4 Å². The third-order valence-electron chi connectivity index (χ3n) is 4.01. The minimum Gasteiger partial charge on any atom is -0.468 e. The van der Waals surface area contributed by atoms with E-state index < -0.39 is 0 Å². The first kappa shape index (κ1) is 17.5. The fourth-order valence-electron chi connectivity index (χ4n) is 2.67. The summed E-state index contributed by atoms with van der Waals surface area (Å²) in [6.07, 6.45) is 1.67. The van der Waals surface area contributed by atoms with E-state index in [0.29, 0.717) is 13.1 Å². The number of carbonyl (C=O) groups excluding carboxylic acids is 1. The first-order valence-corrected chi connectivity index (χ1v) is 9.05. The van der Waals surface area contributed by atoms with Gasteiger partial charge in [-0.1, -0.05) is 18.2 Å². The molecule has 1 aromatic carbocycles. The predicted molar refractivity (Wildman–Crippen MR) is 102 cm³/mol. The lowest BCUT2D eigenvalue weighted by Crippen LogP contribution is -2.37. The largest absolute Gasteiger partial charge is 0.468 e. The second-order valence-electron chi connectivity index (χ2n) is 6.03. The van der Waals surface area contributed by atoms with Crippen LogP contribution in [0.4, 0.5) is 5.69 Å². The van der Waals surface area contributed by atoms with Crippen molar-refractivity contribution in [1.82, 2.24) is 4.90 Å². The normalized spacial score (nSPS) is 11.0. The molecule has 0 spiro atoms. The van der Waals surface area contributed by atoms with Gasteiger partial charge in [-0.25, -0.2) is 0 Å². The molecule has 0 saturated heterocycles. The molecule has 3 aromatic rings. The first-order chi connectivity index (χ1) is 12.1.